The number of rotatable bonds is 7. The van der Waals surface area contributed by atoms with Crippen molar-refractivity contribution in [3.05, 3.63) is 120 Å². The minimum absolute atomic E-state index is 0.316. The largest absolute Gasteiger partial charge is 0.464 e. The molecule has 0 radical (unpaired) electrons. The standard InChI is InChI=1S/C29H28O2P2/c1-21-11-4-6-14-25(21)32(26-15-7-5-12-22(26)2)23(3)24-13-8-16-27(24)33(28-17-9-19-30-28)29-18-10-20-31-29/h4-20,23-24H,1-3H3. The molecule has 0 saturated carbocycles. The highest BCUT2D eigenvalue weighted by atomic mass is 31.1. The highest BCUT2D eigenvalue weighted by Crippen LogP contribution is 2.55. The second-order valence-corrected chi connectivity index (χ2v) is 13.0. The molecule has 2 heterocycles. The summed E-state index contributed by atoms with van der Waals surface area (Å²) >= 11 is 0. The predicted octanol–water partition coefficient (Wildman–Crippen LogP) is 6.51. The van der Waals surface area contributed by atoms with Gasteiger partial charge in [0.05, 0.1) is 20.4 Å². The Bertz CT molecular complexity index is 1190. The zero-order chi connectivity index (χ0) is 22.8. The number of furan rings is 2. The molecule has 5 rings (SSSR count). The lowest BCUT2D eigenvalue weighted by Gasteiger charge is -2.34. The summed E-state index contributed by atoms with van der Waals surface area (Å²) in [6.45, 7) is 6.92. The second-order valence-electron chi connectivity index (χ2n) is 8.42. The summed E-state index contributed by atoms with van der Waals surface area (Å²) in [5, 5.41) is 4.33. The SMILES string of the molecule is Cc1ccccc1P(c1ccccc1C)C(C)C1C=CC=C1P(c1ccco1)c1ccco1. The van der Waals surface area contributed by atoms with E-state index in [0.29, 0.717) is 11.6 Å². The van der Waals surface area contributed by atoms with Gasteiger partial charge < -0.3 is 8.83 Å². The quantitative estimate of drug-likeness (QED) is 0.288. The van der Waals surface area contributed by atoms with E-state index < -0.39 is 15.8 Å². The fourth-order valence-corrected chi connectivity index (χ4v) is 10.3. The predicted molar refractivity (Wildman–Crippen MR) is 142 cm³/mol. The first-order chi connectivity index (χ1) is 16.1. The van der Waals surface area contributed by atoms with E-state index in [-0.39, 0.29) is 0 Å². The first-order valence-electron chi connectivity index (χ1n) is 11.3. The van der Waals surface area contributed by atoms with Gasteiger partial charge in [0, 0.05) is 5.92 Å². The second kappa shape index (κ2) is 9.68. The van der Waals surface area contributed by atoms with Gasteiger partial charge in [-0.1, -0.05) is 73.7 Å². The van der Waals surface area contributed by atoms with Gasteiger partial charge in [0.1, 0.15) is 11.0 Å². The van der Waals surface area contributed by atoms with Gasteiger partial charge in [-0.25, -0.2) is 0 Å². The molecular weight excluding hydrogens is 442 g/mol. The van der Waals surface area contributed by atoms with Crippen LogP contribution >= 0.6 is 15.8 Å². The Labute approximate surface area is 198 Å². The summed E-state index contributed by atoms with van der Waals surface area (Å²) < 4.78 is 11.9. The van der Waals surface area contributed by atoms with Crippen LogP contribution in [0.1, 0.15) is 18.1 Å². The van der Waals surface area contributed by atoms with Gasteiger partial charge in [-0.3, -0.25) is 0 Å². The number of hydrogen-bond acceptors (Lipinski definition) is 2. The van der Waals surface area contributed by atoms with E-state index in [1.807, 2.05) is 12.1 Å². The van der Waals surface area contributed by atoms with Gasteiger partial charge in [0.25, 0.3) is 0 Å². The van der Waals surface area contributed by atoms with Crippen molar-refractivity contribution >= 4 is 37.5 Å². The molecule has 0 aliphatic heterocycles. The monoisotopic (exact) mass is 470 g/mol. The average molecular weight is 470 g/mol. The molecule has 1 aliphatic carbocycles. The van der Waals surface area contributed by atoms with Crippen LogP contribution in [0.5, 0.6) is 0 Å². The van der Waals surface area contributed by atoms with E-state index in [2.05, 4.69) is 99.7 Å². The van der Waals surface area contributed by atoms with Crippen molar-refractivity contribution in [2.75, 3.05) is 0 Å². The highest BCUT2D eigenvalue weighted by Gasteiger charge is 2.37. The van der Waals surface area contributed by atoms with Gasteiger partial charge in [-0.05, 0) is 78.7 Å². The van der Waals surface area contributed by atoms with Gasteiger partial charge >= 0.3 is 0 Å². The van der Waals surface area contributed by atoms with E-state index in [1.165, 1.54) is 27.1 Å². The van der Waals surface area contributed by atoms with E-state index >= 15 is 0 Å². The Morgan fingerprint density at radius 3 is 1.76 bits per heavy atom. The number of benzene rings is 2. The molecule has 4 heteroatoms. The molecule has 0 spiro atoms. The molecule has 2 nitrogen and oxygen atoms in total. The molecule has 0 amide bonds. The van der Waals surface area contributed by atoms with Crippen LogP contribution in [-0.4, -0.2) is 5.66 Å². The van der Waals surface area contributed by atoms with Crippen molar-refractivity contribution in [1.29, 1.82) is 0 Å². The van der Waals surface area contributed by atoms with Crippen LogP contribution < -0.4 is 21.6 Å². The Morgan fingerprint density at radius 1 is 0.727 bits per heavy atom. The van der Waals surface area contributed by atoms with E-state index in [4.69, 9.17) is 8.83 Å². The first kappa shape index (κ1) is 22.1. The Morgan fingerprint density at radius 2 is 1.27 bits per heavy atom. The molecular formula is C29H28O2P2. The number of hydrogen-bond donors (Lipinski definition) is 0. The smallest absolute Gasteiger partial charge is 0.137 e. The lowest BCUT2D eigenvalue weighted by molar-refractivity contribution is 0.592. The summed E-state index contributed by atoms with van der Waals surface area (Å²) in [5.41, 5.74) is 5.13. The van der Waals surface area contributed by atoms with Crippen LogP contribution in [0.15, 0.2) is 118 Å². The average Bonchev–Trinajstić information content (AvgIpc) is 3.61. The Balaban J connectivity index is 1.59. The van der Waals surface area contributed by atoms with Gasteiger partial charge in [0.15, 0.2) is 0 Å². The molecule has 166 valence electrons. The number of aryl methyl sites for hydroxylation is 2. The van der Waals surface area contributed by atoms with Crippen LogP contribution in [0.25, 0.3) is 0 Å². The third-order valence-corrected chi connectivity index (χ3v) is 11.8. The zero-order valence-corrected chi connectivity index (χ0v) is 21.0. The zero-order valence-electron chi connectivity index (χ0n) is 19.2. The maximum Gasteiger partial charge on any atom is 0.137 e. The molecule has 0 N–H and O–H groups in total. The molecule has 4 aromatic rings. The maximum absolute atomic E-state index is 5.93. The molecule has 2 atom stereocenters. The minimum atomic E-state index is -0.852. The van der Waals surface area contributed by atoms with Crippen molar-refractivity contribution in [2.24, 2.45) is 5.92 Å². The molecule has 2 aromatic carbocycles. The van der Waals surface area contributed by atoms with Crippen LogP contribution in [0, 0.1) is 19.8 Å². The van der Waals surface area contributed by atoms with E-state index in [0.717, 1.165) is 11.0 Å². The number of allylic oxidation sites excluding steroid dienone is 4. The fraction of sp³-hybridized carbons (Fsp3) is 0.172. The Hall–Kier alpha value is -2.66. The van der Waals surface area contributed by atoms with Gasteiger partial charge in [0.2, 0.25) is 0 Å². The lowest BCUT2D eigenvalue weighted by Crippen LogP contribution is -2.28. The summed E-state index contributed by atoms with van der Waals surface area (Å²) in [7, 11) is -1.43. The minimum Gasteiger partial charge on any atom is -0.464 e. The normalized spacial score (nSPS) is 16.5. The third-order valence-electron chi connectivity index (χ3n) is 6.32. The Kier molecular flexibility index (Phi) is 6.50. The van der Waals surface area contributed by atoms with Crippen molar-refractivity contribution < 1.29 is 8.83 Å². The maximum atomic E-state index is 5.93. The molecule has 2 unspecified atom stereocenters. The van der Waals surface area contributed by atoms with Gasteiger partial charge in [-0.15, -0.1) is 0 Å². The summed E-state index contributed by atoms with van der Waals surface area (Å²) in [4.78, 5) is 0. The topological polar surface area (TPSA) is 26.3 Å². The lowest BCUT2D eigenvalue weighted by atomic mass is 10.1. The van der Waals surface area contributed by atoms with Gasteiger partial charge in [-0.2, -0.15) is 0 Å². The summed E-state index contributed by atoms with van der Waals surface area (Å²) in [6.07, 6.45) is 10.4. The van der Waals surface area contributed by atoms with Crippen LogP contribution in [0.2, 0.25) is 0 Å². The van der Waals surface area contributed by atoms with Crippen LogP contribution in [-0.2, 0) is 0 Å². The molecule has 1 aliphatic rings. The van der Waals surface area contributed by atoms with Crippen molar-refractivity contribution in [3.8, 4) is 0 Å². The summed E-state index contributed by atoms with van der Waals surface area (Å²) in [6, 6.07) is 25.9. The molecule has 0 fully saturated rings. The van der Waals surface area contributed by atoms with E-state index in [9.17, 15) is 0 Å². The van der Waals surface area contributed by atoms with Crippen LogP contribution in [0.4, 0.5) is 0 Å². The fourth-order valence-electron chi connectivity index (χ4n) is 4.67. The third kappa shape index (κ3) is 4.31. The first-order valence-corrected chi connectivity index (χ1v) is 14.1. The molecule has 2 aromatic heterocycles. The summed E-state index contributed by atoms with van der Waals surface area (Å²) in [5.74, 6) is 0.316. The highest BCUT2D eigenvalue weighted by molar-refractivity contribution is 7.76. The van der Waals surface area contributed by atoms with Crippen molar-refractivity contribution in [1.82, 2.24) is 0 Å². The van der Waals surface area contributed by atoms with Crippen LogP contribution in [0.3, 0.4) is 0 Å². The van der Waals surface area contributed by atoms with Crippen molar-refractivity contribution in [2.45, 2.75) is 26.4 Å². The molecule has 0 bridgehead atoms. The molecule has 0 saturated heterocycles. The molecule has 33 heavy (non-hydrogen) atoms. The van der Waals surface area contributed by atoms with Crippen molar-refractivity contribution in [3.63, 3.8) is 0 Å². The van der Waals surface area contributed by atoms with E-state index in [1.54, 1.807) is 12.5 Å².